The van der Waals surface area contributed by atoms with Gasteiger partial charge in [0.05, 0.1) is 12.7 Å². The van der Waals surface area contributed by atoms with Crippen LogP contribution in [0.3, 0.4) is 0 Å². The Balaban J connectivity index is 1.75. The SMILES string of the molecule is COc1cc(O)ccc1[C@H]1CC(=O)Nc2c1c(=O)nc(SCc1cccc(C)c1)n2C. The molecule has 0 fully saturated rings. The third kappa shape index (κ3) is 4.16. The van der Waals surface area contributed by atoms with Gasteiger partial charge in [0.15, 0.2) is 5.16 Å². The zero-order valence-electron chi connectivity index (χ0n) is 17.5. The third-order valence-corrected chi connectivity index (χ3v) is 6.44. The number of aromatic hydroxyl groups is 1. The monoisotopic (exact) mass is 437 g/mol. The molecule has 3 aromatic rings. The normalized spacial score (nSPS) is 15.3. The van der Waals surface area contributed by atoms with Crippen LogP contribution in [0, 0.1) is 6.92 Å². The number of carbonyl (C=O) groups excluding carboxylic acids is 1. The Labute approximate surface area is 184 Å². The standard InChI is InChI=1S/C23H23N3O4S/c1-13-5-4-6-14(9-13)12-31-23-25-22(29)20-17(11-19(28)24-21(20)26(23)2)16-8-7-15(27)10-18(16)30-3/h4-10,17,27H,11-12H2,1-3H3,(H,24,28)/t17-/m1/s1. The van der Waals surface area contributed by atoms with Crippen LogP contribution in [0.15, 0.2) is 52.4 Å². The number of methoxy groups -OCH3 is 1. The second-order valence-electron chi connectivity index (χ2n) is 7.53. The number of nitrogens with zero attached hydrogens (tertiary/aromatic N) is 2. The van der Waals surface area contributed by atoms with Crippen molar-refractivity contribution in [1.29, 1.82) is 0 Å². The van der Waals surface area contributed by atoms with E-state index in [1.165, 1.54) is 36.6 Å². The van der Waals surface area contributed by atoms with E-state index in [4.69, 9.17) is 4.74 Å². The van der Waals surface area contributed by atoms with E-state index in [9.17, 15) is 14.7 Å². The van der Waals surface area contributed by atoms with Crippen LogP contribution < -0.4 is 15.6 Å². The number of aromatic nitrogens is 2. The van der Waals surface area contributed by atoms with Crippen LogP contribution in [-0.4, -0.2) is 27.7 Å². The highest BCUT2D eigenvalue weighted by Gasteiger charge is 2.33. The number of rotatable bonds is 5. The lowest BCUT2D eigenvalue weighted by Gasteiger charge is -2.28. The summed E-state index contributed by atoms with van der Waals surface area (Å²) in [7, 11) is 3.28. The fourth-order valence-corrected chi connectivity index (χ4v) is 4.78. The largest absolute Gasteiger partial charge is 0.508 e. The number of thioether (sulfide) groups is 1. The van der Waals surface area contributed by atoms with Gasteiger partial charge in [0, 0.05) is 36.8 Å². The molecule has 0 unspecified atom stereocenters. The minimum atomic E-state index is -0.513. The zero-order chi connectivity index (χ0) is 22.1. The summed E-state index contributed by atoms with van der Waals surface area (Å²) in [4.78, 5) is 29.9. The van der Waals surface area contributed by atoms with Crippen LogP contribution in [0.1, 0.15) is 34.6 Å². The van der Waals surface area contributed by atoms with E-state index in [-0.39, 0.29) is 23.6 Å². The number of hydrogen-bond acceptors (Lipinski definition) is 6. The zero-order valence-corrected chi connectivity index (χ0v) is 18.3. The van der Waals surface area contributed by atoms with Crippen molar-refractivity contribution >= 4 is 23.5 Å². The molecule has 2 heterocycles. The van der Waals surface area contributed by atoms with E-state index in [1.54, 1.807) is 17.7 Å². The number of hydrogen-bond donors (Lipinski definition) is 2. The van der Waals surface area contributed by atoms with Gasteiger partial charge in [-0.2, -0.15) is 4.98 Å². The summed E-state index contributed by atoms with van der Waals surface area (Å²) in [6, 6.07) is 12.8. The van der Waals surface area contributed by atoms with Crippen LogP contribution in [-0.2, 0) is 17.6 Å². The topological polar surface area (TPSA) is 93.4 Å². The highest BCUT2D eigenvalue weighted by atomic mass is 32.2. The van der Waals surface area contributed by atoms with E-state index in [0.717, 1.165) is 5.56 Å². The molecule has 0 radical (unpaired) electrons. The van der Waals surface area contributed by atoms with Crippen molar-refractivity contribution in [2.45, 2.75) is 30.2 Å². The summed E-state index contributed by atoms with van der Waals surface area (Å²) < 4.78 is 7.15. The molecule has 1 aliphatic rings. The fraction of sp³-hybridized carbons (Fsp3) is 0.261. The Bertz CT molecular complexity index is 1220. The Morgan fingerprint density at radius 1 is 1.26 bits per heavy atom. The number of amides is 1. The summed E-state index contributed by atoms with van der Waals surface area (Å²) >= 11 is 1.45. The number of anilines is 1. The fourth-order valence-electron chi connectivity index (χ4n) is 3.87. The Morgan fingerprint density at radius 3 is 2.81 bits per heavy atom. The molecule has 1 atom stereocenters. The first kappa shape index (κ1) is 21.0. The van der Waals surface area contributed by atoms with Crippen LogP contribution >= 0.6 is 11.8 Å². The molecule has 8 heteroatoms. The lowest BCUT2D eigenvalue weighted by molar-refractivity contribution is -0.116. The summed E-state index contributed by atoms with van der Waals surface area (Å²) in [5, 5.41) is 13.2. The summed E-state index contributed by atoms with van der Waals surface area (Å²) in [6.45, 7) is 2.04. The highest BCUT2D eigenvalue weighted by molar-refractivity contribution is 7.98. The molecule has 7 nitrogen and oxygen atoms in total. The van der Waals surface area contributed by atoms with Gasteiger partial charge in [-0.25, -0.2) is 0 Å². The van der Waals surface area contributed by atoms with Gasteiger partial charge >= 0.3 is 0 Å². The van der Waals surface area contributed by atoms with Crippen molar-refractivity contribution < 1.29 is 14.6 Å². The molecule has 4 rings (SSSR count). The van der Waals surface area contributed by atoms with Gasteiger partial charge in [-0.05, 0) is 18.6 Å². The number of aryl methyl sites for hydroxylation is 1. The molecule has 1 aromatic heterocycles. The molecule has 0 saturated carbocycles. The molecule has 1 aliphatic heterocycles. The maximum absolute atomic E-state index is 13.1. The molecule has 0 aliphatic carbocycles. The predicted molar refractivity (Wildman–Crippen MR) is 120 cm³/mol. The number of nitrogens with one attached hydrogen (secondary N) is 1. The van der Waals surface area contributed by atoms with E-state index in [0.29, 0.717) is 33.6 Å². The molecule has 2 N–H and O–H groups in total. The quantitative estimate of drug-likeness (QED) is 0.468. The van der Waals surface area contributed by atoms with Crippen molar-refractivity contribution in [2.24, 2.45) is 7.05 Å². The molecule has 160 valence electrons. The molecular weight excluding hydrogens is 414 g/mol. The molecule has 1 amide bonds. The predicted octanol–water partition coefficient (Wildman–Crippen LogP) is 3.57. The number of phenolic OH excluding ortho intramolecular Hbond substituents is 1. The second kappa shape index (κ2) is 8.47. The number of fused-ring (bicyclic) bond motifs is 1. The van der Waals surface area contributed by atoms with Gasteiger partial charge in [0.1, 0.15) is 17.3 Å². The summed E-state index contributed by atoms with van der Waals surface area (Å²) in [5.74, 6) is 0.873. The minimum absolute atomic E-state index is 0.0509. The van der Waals surface area contributed by atoms with Gasteiger partial charge in [-0.15, -0.1) is 0 Å². The summed E-state index contributed by atoms with van der Waals surface area (Å²) in [6.07, 6.45) is 0.0981. The first-order valence-electron chi connectivity index (χ1n) is 9.83. The number of phenols is 1. The van der Waals surface area contributed by atoms with Gasteiger partial charge in [-0.3, -0.25) is 9.59 Å². The minimum Gasteiger partial charge on any atom is -0.508 e. The summed E-state index contributed by atoms with van der Waals surface area (Å²) in [5.41, 5.74) is 3.01. The van der Waals surface area contributed by atoms with Crippen LogP contribution in [0.4, 0.5) is 5.82 Å². The van der Waals surface area contributed by atoms with Gasteiger partial charge in [0.25, 0.3) is 5.56 Å². The molecule has 0 saturated heterocycles. The number of benzene rings is 2. The molecule has 2 aromatic carbocycles. The van der Waals surface area contributed by atoms with Crippen molar-refractivity contribution in [2.75, 3.05) is 12.4 Å². The van der Waals surface area contributed by atoms with Gasteiger partial charge in [-0.1, -0.05) is 47.7 Å². The smallest absolute Gasteiger partial charge is 0.279 e. The molecule has 31 heavy (non-hydrogen) atoms. The Hall–Kier alpha value is -3.26. The van der Waals surface area contributed by atoms with Gasteiger partial charge < -0.3 is 19.7 Å². The molecule has 0 spiro atoms. The van der Waals surface area contributed by atoms with E-state index >= 15 is 0 Å². The second-order valence-corrected chi connectivity index (χ2v) is 8.47. The van der Waals surface area contributed by atoms with Crippen molar-refractivity contribution in [3.8, 4) is 11.5 Å². The first-order valence-corrected chi connectivity index (χ1v) is 10.8. The van der Waals surface area contributed by atoms with E-state index in [1.807, 2.05) is 25.1 Å². The maximum atomic E-state index is 13.1. The van der Waals surface area contributed by atoms with Crippen LogP contribution in [0.25, 0.3) is 0 Å². The highest BCUT2D eigenvalue weighted by Crippen LogP contribution is 2.40. The van der Waals surface area contributed by atoms with Crippen molar-refractivity contribution in [1.82, 2.24) is 9.55 Å². The van der Waals surface area contributed by atoms with Gasteiger partial charge in [0.2, 0.25) is 5.91 Å². The average Bonchev–Trinajstić information content (AvgIpc) is 2.74. The van der Waals surface area contributed by atoms with E-state index in [2.05, 4.69) is 16.4 Å². The van der Waals surface area contributed by atoms with E-state index < -0.39 is 5.92 Å². The van der Waals surface area contributed by atoms with Crippen molar-refractivity contribution in [3.63, 3.8) is 0 Å². The van der Waals surface area contributed by atoms with Crippen molar-refractivity contribution in [3.05, 3.63) is 75.1 Å². The van der Waals surface area contributed by atoms with Crippen LogP contribution in [0.5, 0.6) is 11.5 Å². The number of ether oxygens (including phenoxy) is 1. The first-order chi connectivity index (χ1) is 14.9. The van der Waals surface area contributed by atoms with Crippen LogP contribution in [0.2, 0.25) is 0 Å². The molecular formula is C23H23N3O4S. The average molecular weight is 438 g/mol. The third-order valence-electron chi connectivity index (χ3n) is 5.34. The number of carbonyl (C=O) groups is 1. The maximum Gasteiger partial charge on any atom is 0.279 e. The Morgan fingerprint density at radius 2 is 2.06 bits per heavy atom. The lowest BCUT2D eigenvalue weighted by atomic mass is 9.86. The lowest BCUT2D eigenvalue weighted by Crippen LogP contribution is -2.33. The molecule has 0 bridgehead atoms. The Kier molecular flexibility index (Phi) is 5.73.